The molecule has 0 saturated carbocycles. The molecule has 2 heterocycles. The number of carbonyl (C=O) groups excluding carboxylic acids is 1. The van der Waals surface area contributed by atoms with Gasteiger partial charge in [-0.2, -0.15) is 0 Å². The fourth-order valence-electron chi connectivity index (χ4n) is 3.32. The normalized spacial score (nSPS) is 15.2. The molecule has 5 nitrogen and oxygen atoms in total. The number of ether oxygens (including phenoxy) is 1. The minimum atomic E-state index is 0.0490. The average molecular weight is 382 g/mol. The molecule has 0 N–H and O–H groups in total. The number of fused-ring (bicyclic) bond motifs is 1. The maximum atomic E-state index is 12.5. The van der Waals surface area contributed by atoms with E-state index >= 15 is 0 Å². The van der Waals surface area contributed by atoms with E-state index in [9.17, 15) is 4.79 Å². The summed E-state index contributed by atoms with van der Waals surface area (Å²) in [5.74, 6) is 0.785. The highest BCUT2D eigenvalue weighted by atomic mass is 32.1. The van der Waals surface area contributed by atoms with Crippen molar-refractivity contribution in [2.75, 3.05) is 32.8 Å². The number of rotatable bonds is 5. The van der Waals surface area contributed by atoms with Crippen molar-refractivity contribution in [1.82, 2.24) is 14.8 Å². The summed E-state index contributed by atoms with van der Waals surface area (Å²) in [5.41, 5.74) is 1.08. The molecule has 1 saturated heterocycles. The van der Waals surface area contributed by atoms with Crippen molar-refractivity contribution in [3.8, 4) is 5.75 Å². The Balaban J connectivity index is 1.26. The topological polar surface area (TPSA) is 45.7 Å². The lowest BCUT2D eigenvalue weighted by molar-refractivity contribution is -0.135. The summed E-state index contributed by atoms with van der Waals surface area (Å²) in [5, 5.41) is 5.52. The molecule has 0 aliphatic carbocycles. The fourth-order valence-corrected chi connectivity index (χ4v) is 4.13. The van der Waals surface area contributed by atoms with Crippen LogP contribution >= 0.6 is 11.3 Å². The Kier molecular flexibility index (Phi) is 5.36. The highest BCUT2D eigenvalue weighted by Gasteiger charge is 2.22. The van der Waals surface area contributed by atoms with Gasteiger partial charge >= 0.3 is 0 Å². The Hall–Kier alpha value is -2.44. The molecule has 1 aromatic heterocycles. The van der Waals surface area contributed by atoms with Gasteiger partial charge in [0, 0.05) is 37.3 Å². The van der Waals surface area contributed by atoms with Crippen molar-refractivity contribution in [3.05, 3.63) is 58.5 Å². The Labute approximate surface area is 163 Å². The van der Waals surface area contributed by atoms with Gasteiger partial charge in [-0.15, -0.1) is 11.3 Å². The third kappa shape index (κ3) is 4.46. The second kappa shape index (κ2) is 8.06. The van der Waals surface area contributed by atoms with Crippen LogP contribution < -0.4 is 4.74 Å². The number of thiazole rings is 1. The van der Waals surface area contributed by atoms with Crippen LogP contribution in [0.15, 0.2) is 47.8 Å². The van der Waals surface area contributed by atoms with Crippen LogP contribution in [-0.4, -0.2) is 53.5 Å². The molecule has 0 radical (unpaired) electrons. The lowest BCUT2D eigenvalue weighted by Gasteiger charge is -2.34. The van der Waals surface area contributed by atoms with E-state index in [2.05, 4.69) is 21.3 Å². The number of carbonyl (C=O) groups is 1. The highest BCUT2D eigenvalue weighted by Crippen LogP contribution is 2.20. The number of nitrogens with zero attached hydrogens (tertiary/aromatic N) is 3. The van der Waals surface area contributed by atoms with Crippen LogP contribution in [0.5, 0.6) is 5.75 Å². The van der Waals surface area contributed by atoms with E-state index < -0.39 is 0 Å². The van der Waals surface area contributed by atoms with Crippen LogP contribution in [0.2, 0.25) is 0 Å². The van der Waals surface area contributed by atoms with Gasteiger partial charge < -0.3 is 9.64 Å². The van der Waals surface area contributed by atoms with Crippen LogP contribution in [0.3, 0.4) is 0 Å². The van der Waals surface area contributed by atoms with Gasteiger partial charge in [0.2, 0.25) is 0 Å². The maximum Gasteiger partial charge on any atom is 0.260 e. The van der Waals surface area contributed by atoms with E-state index in [4.69, 9.17) is 4.74 Å². The van der Waals surface area contributed by atoms with E-state index in [-0.39, 0.29) is 12.5 Å². The van der Waals surface area contributed by atoms with Gasteiger partial charge in [-0.3, -0.25) is 9.69 Å². The molecule has 0 spiro atoms. The molecule has 27 heavy (non-hydrogen) atoms. The van der Waals surface area contributed by atoms with Gasteiger partial charge in [0.15, 0.2) is 6.61 Å². The summed E-state index contributed by atoms with van der Waals surface area (Å²) >= 11 is 1.70. The number of benzene rings is 2. The van der Waals surface area contributed by atoms with Gasteiger partial charge in [-0.1, -0.05) is 30.3 Å². The zero-order valence-corrected chi connectivity index (χ0v) is 16.2. The summed E-state index contributed by atoms with van der Waals surface area (Å²) in [4.78, 5) is 21.2. The SMILES string of the molecule is Cc1csc(CN2CCN(C(=O)COc3ccc4ccccc4c3)CC2)n1. The number of aromatic nitrogens is 1. The van der Waals surface area contributed by atoms with Crippen molar-refractivity contribution in [3.63, 3.8) is 0 Å². The second-order valence-corrected chi connectivity index (χ2v) is 7.78. The summed E-state index contributed by atoms with van der Waals surface area (Å²) in [6.07, 6.45) is 0. The van der Waals surface area contributed by atoms with Gasteiger partial charge in [0.25, 0.3) is 5.91 Å². The minimum absolute atomic E-state index is 0.0490. The minimum Gasteiger partial charge on any atom is -0.484 e. The van der Waals surface area contributed by atoms with E-state index in [1.54, 1.807) is 11.3 Å². The predicted octanol–water partition coefficient (Wildman–Crippen LogP) is 3.33. The molecular formula is C21H23N3O2S. The number of amides is 1. The Bertz CT molecular complexity index is 932. The Morgan fingerprint density at radius 1 is 1.11 bits per heavy atom. The third-order valence-corrected chi connectivity index (χ3v) is 5.79. The molecule has 0 bridgehead atoms. The van der Waals surface area contributed by atoms with E-state index in [0.717, 1.165) is 54.6 Å². The van der Waals surface area contributed by atoms with Gasteiger partial charge in [-0.05, 0) is 29.8 Å². The molecule has 1 aliphatic rings. The standard InChI is InChI=1S/C21H23N3O2S/c1-16-15-27-20(22-16)13-23-8-10-24(11-9-23)21(25)14-26-19-7-6-17-4-2-3-5-18(17)12-19/h2-7,12,15H,8-11,13-14H2,1H3. The number of piperazine rings is 1. The predicted molar refractivity (Wildman–Crippen MR) is 108 cm³/mol. The van der Waals surface area contributed by atoms with E-state index in [1.165, 1.54) is 5.39 Å². The molecule has 1 aliphatic heterocycles. The smallest absolute Gasteiger partial charge is 0.260 e. The Morgan fingerprint density at radius 2 is 1.89 bits per heavy atom. The number of hydrogen-bond donors (Lipinski definition) is 0. The second-order valence-electron chi connectivity index (χ2n) is 6.84. The summed E-state index contributed by atoms with van der Waals surface area (Å²) in [7, 11) is 0. The van der Waals surface area contributed by atoms with Crippen molar-refractivity contribution >= 4 is 28.0 Å². The lowest BCUT2D eigenvalue weighted by atomic mass is 10.1. The van der Waals surface area contributed by atoms with Gasteiger partial charge in [-0.25, -0.2) is 4.98 Å². The first-order valence-electron chi connectivity index (χ1n) is 9.20. The molecule has 3 aromatic rings. The summed E-state index contributed by atoms with van der Waals surface area (Å²) in [6, 6.07) is 14.1. The molecule has 1 fully saturated rings. The van der Waals surface area contributed by atoms with Crippen molar-refractivity contribution in [1.29, 1.82) is 0 Å². The number of aryl methyl sites for hydroxylation is 1. The van der Waals surface area contributed by atoms with E-state index in [1.807, 2.05) is 48.2 Å². The first-order chi connectivity index (χ1) is 13.2. The number of hydrogen-bond acceptors (Lipinski definition) is 5. The highest BCUT2D eigenvalue weighted by molar-refractivity contribution is 7.09. The van der Waals surface area contributed by atoms with Crippen LogP contribution in [0.1, 0.15) is 10.7 Å². The lowest BCUT2D eigenvalue weighted by Crippen LogP contribution is -2.49. The molecule has 1 amide bonds. The maximum absolute atomic E-state index is 12.5. The molecule has 0 unspecified atom stereocenters. The first-order valence-corrected chi connectivity index (χ1v) is 10.1. The van der Waals surface area contributed by atoms with Crippen LogP contribution in [0.4, 0.5) is 0 Å². The fraction of sp³-hybridized carbons (Fsp3) is 0.333. The largest absolute Gasteiger partial charge is 0.484 e. The molecule has 4 rings (SSSR count). The van der Waals surface area contributed by atoms with Crippen molar-refractivity contribution < 1.29 is 9.53 Å². The zero-order chi connectivity index (χ0) is 18.6. The van der Waals surface area contributed by atoms with Gasteiger partial charge in [0.05, 0.1) is 6.54 Å². The summed E-state index contributed by atoms with van der Waals surface area (Å²) in [6.45, 7) is 6.21. The molecular weight excluding hydrogens is 358 g/mol. The average Bonchev–Trinajstić information content (AvgIpc) is 3.11. The quantitative estimate of drug-likeness (QED) is 0.680. The first kappa shape index (κ1) is 17.9. The van der Waals surface area contributed by atoms with Crippen LogP contribution in [-0.2, 0) is 11.3 Å². The molecule has 140 valence electrons. The monoisotopic (exact) mass is 381 g/mol. The van der Waals surface area contributed by atoms with Crippen molar-refractivity contribution in [2.24, 2.45) is 0 Å². The van der Waals surface area contributed by atoms with Crippen LogP contribution in [0, 0.1) is 6.92 Å². The zero-order valence-electron chi connectivity index (χ0n) is 15.4. The van der Waals surface area contributed by atoms with Crippen molar-refractivity contribution in [2.45, 2.75) is 13.5 Å². The third-order valence-electron chi connectivity index (χ3n) is 4.83. The van der Waals surface area contributed by atoms with E-state index in [0.29, 0.717) is 0 Å². The molecule has 2 aromatic carbocycles. The van der Waals surface area contributed by atoms with Gasteiger partial charge in [0.1, 0.15) is 10.8 Å². The molecule has 0 atom stereocenters. The Morgan fingerprint density at radius 3 is 2.63 bits per heavy atom. The summed E-state index contributed by atoms with van der Waals surface area (Å²) < 4.78 is 5.74. The molecule has 6 heteroatoms. The van der Waals surface area contributed by atoms with Crippen LogP contribution in [0.25, 0.3) is 10.8 Å².